The minimum Gasteiger partial charge on any atom is -0.326 e. The minimum absolute atomic E-state index is 0.00646. The number of fused-ring (bicyclic) bond motifs is 1. The number of hydrogen-bond acceptors (Lipinski definition) is 2. The van der Waals surface area contributed by atoms with Gasteiger partial charge in [-0.1, -0.05) is 35.9 Å². The van der Waals surface area contributed by atoms with Crippen LogP contribution < -0.4 is 10.6 Å². The molecule has 0 aliphatic carbocycles. The SMILES string of the molecule is O=C(Nc1ccccc1)C1CNCc2cc(Cl)ccc21. The molecule has 0 saturated carbocycles. The summed E-state index contributed by atoms with van der Waals surface area (Å²) in [6, 6.07) is 15.2. The van der Waals surface area contributed by atoms with Gasteiger partial charge < -0.3 is 10.6 Å². The van der Waals surface area contributed by atoms with Crippen LogP contribution in [-0.2, 0) is 11.3 Å². The van der Waals surface area contributed by atoms with Crippen LogP contribution in [0, 0.1) is 0 Å². The number of halogens is 1. The molecule has 1 aliphatic rings. The van der Waals surface area contributed by atoms with E-state index in [1.165, 1.54) is 0 Å². The Hall–Kier alpha value is -1.84. The summed E-state index contributed by atoms with van der Waals surface area (Å²) in [4.78, 5) is 12.4. The molecule has 0 saturated heterocycles. The quantitative estimate of drug-likeness (QED) is 0.890. The zero-order chi connectivity index (χ0) is 13.9. The Labute approximate surface area is 123 Å². The lowest BCUT2D eigenvalue weighted by Gasteiger charge is -2.25. The Kier molecular flexibility index (Phi) is 3.72. The van der Waals surface area contributed by atoms with Crippen molar-refractivity contribution in [3.05, 3.63) is 64.7 Å². The number of anilines is 1. The Balaban J connectivity index is 1.83. The van der Waals surface area contributed by atoms with Crippen LogP contribution in [0.15, 0.2) is 48.5 Å². The average Bonchev–Trinajstić information content (AvgIpc) is 2.47. The van der Waals surface area contributed by atoms with Gasteiger partial charge in [0.25, 0.3) is 0 Å². The minimum atomic E-state index is -0.184. The average molecular weight is 287 g/mol. The van der Waals surface area contributed by atoms with Gasteiger partial charge in [-0.25, -0.2) is 0 Å². The molecule has 20 heavy (non-hydrogen) atoms. The molecule has 0 spiro atoms. The van der Waals surface area contributed by atoms with Gasteiger partial charge in [-0.15, -0.1) is 0 Å². The topological polar surface area (TPSA) is 41.1 Å². The number of hydrogen-bond donors (Lipinski definition) is 2. The van der Waals surface area contributed by atoms with Crippen LogP contribution in [0.4, 0.5) is 5.69 Å². The molecule has 2 aromatic carbocycles. The molecule has 1 atom stereocenters. The Morgan fingerprint density at radius 2 is 2.00 bits per heavy atom. The van der Waals surface area contributed by atoms with Crippen LogP contribution in [0.3, 0.4) is 0 Å². The molecule has 1 aliphatic heterocycles. The van der Waals surface area contributed by atoms with Crippen LogP contribution in [0.25, 0.3) is 0 Å². The fourth-order valence-corrected chi connectivity index (χ4v) is 2.71. The van der Waals surface area contributed by atoms with Crippen molar-refractivity contribution in [2.45, 2.75) is 12.5 Å². The summed E-state index contributed by atoms with van der Waals surface area (Å²) in [7, 11) is 0. The second-order valence-electron chi connectivity index (χ2n) is 4.88. The van der Waals surface area contributed by atoms with E-state index >= 15 is 0 Å². The molecule has 0 aromatic heterocycles. The zero-order valence-electron chi connectivity index (χ0n) is 10.9. The fraction of sp³-hybridized carbons (Fsp3) is 0.188. The molecule has 3 nitrogen and oxygen atoms in total. The third-order valence-corrected chi connectivity index (χ3v) is 3.74. The summed E-state index contributed by atoms with van der Waals surface area (Å²) in [5, 5.41) is 6.92. The molecule has 2 N–H and O–H groups in total. The van der Waals surface area contributed by atoms with Gasteiger partial charge in [-0.2, -0.15) is 0 Å². The lowest BCUT2D eigenvalue weighted by Crippen LogP contribution is -2.35. The van der Waals surface area contributed by atoms with E-state index in [1.54, 1.807) is 0 Å². The van der Waals surface area contributed by atoms with Gasteiger partial charge in [-0.3, -0.25) is 4.79 Å². The number of nitrogens with one attached hydrogen (secondary N) is 2. The van der Waals surface area contributed by atoms with Crippen molar-refractivity contribution in [3.63, 3.8) is 0 Å². The van der Waals surface area contributed by atoms with E-state index in [-0.39, 0.29) is 11.8 Å². The smallest absolute Gasteiger partial charge is 0.233 e. The maximum Gasteiger partial charge on any atom is 0.233 e. The molecule has 102 valence electrons. The Morgan fingerprint density at radius 1 is 1.20 bits per heavy atom. The number of carbonyl (C=O) groups is 1. The highest BCUT2D eigenvalue weighted by Gasteiger charge is 2.26. The second-order valence-corrected chi connectivity index (χ2v) is 5.32. The number of para-hydroxylation sites is 1. The van der Waals surface area contributed by atoms with Crippen LogP contribution in [0.1, 0.15) is 17.0 Å². The van der Waals surface area contributed by atoms with E-state index in [0.717, 1.165) is 23.4 Å². The predicted octanol–water partition coefficient (Wildman–Crippen LogP) is 3.17. The fourth-order valence-electron chi connectivity index (χ4n) is 2.51. The number of benzene rings is 2. The van der Waals surface area contributed by atoms with Crippen molar-refractivity contribution in [2.24, 2.45) is 0 Å². The van der Waals surface area contributed by atoms with E-state index in [0.29, 0.717) is 11.6 Å². The molecular formula is C16H15ClN2O. The highest BCUT2D eigenvalue weighted by atomic mass is 35.5. The van der Waals surface area contributed by atoms with Crippen LogP contribution >= 0.6 is 11.6 Å². The van der Waals surface area contributed by atoms with Crippen LogP contribution in [0.2, 0.25) is 5.02 Å². The summed E-state index contributed by atoms with van der Waals surface area (Å²) in [6.45, 7) is 1.40. The van der Waals surface area contributed by atoms with E-state index in [4.69, 9.17) is 11.6 Å². The summed E-state index contributed by atoms with van der Waals surface area (Å²) >= 11 is 6.01. The van der Waals surface area contributed by atoms with E-state index in [2.05, 4.69) is 10.6 Å². The van der Waals surface area contributed by atoms with Crippen molar-refractivity contribution in [1.82, 2.24) is 5.32 Å². The van der Waals surface area contributed by atoms with Gasteiger partial charge in [0.15, 0.2) is 0 Å². The second kappa shape index (κ2) is 5.65. The molecule has 0 bridgehead atoms. The molecule has 0 radical (unpaired) electrons. The van der Waals surface area contributed by atoms with Crippen molar-refractivity contribution < 1.29 is 4.79 Å². The molecule has 2 aromatic rings. The first kappa shape index (κ1) is 13.2. The predicted molar refractivity (Wildman–Crippen MR) is 81.0 cm³/mol. The molecule has 1 amide bonds. The van der Waals surface area contributed by atoms with Crippen LogP contribution in [0.5, 0.6) is 0 Å². The van der Waals surface area contributed by atoms with Gasteiger partial charge in [0.1, 0.15) is 0 Å². The van der Waals surface area contributed by atoms with Gasteiger partial charge in [0.2, 0.25) is 5.91 Å². The third kappa shape index (κ3) is 2.69. The maximum absolute atomic E-state index is 12.4. The van der Waals surface area contributed by atoms with E-state index in [9.17, 15) is 4.79 Å². The van der Waals surface area contributed by atoms with Crippen molar-refractivity contribution in [1.29, 1.82) is 0 Å². The number of amides is 1. The molecule has 0 fully saturated rings. The first-order valence-electron chi connectivity index (χ1n) is 6.59. The monoisotopic (exact) mass is 286 g/mol. The van der Waals surface area contributed by atoms with Crippen LogP contribution in [-0.4, -0.2) is 12.5 Å². The summed E-state index contributed by atoms with van der Waals surface area (Å²) in [6.07, 6.45) is 0. The van der Waals surface area contributed by atoms with Gasteiger partial charge in [-0.05, 0) is 35.4 Å². The third-order valence-electron chi connectivity index (χ3n) is 3.50. The lowest BCUT2D eigenvalue weighted by atomic mass is 9.90. The molecule has 1 heterocycles. The van der Waals surface area contributed by atoms with Gasteiger partial charge in [0.05, 0.1) is 5.92 Å². The summed E-state index contributed by atoms with van der Waals surface area (Å²) in [5.41, 5.74) is 2.97. The Morgan fingerprint density at radius 3 is 2.80 bits per heavy atom. The highest BCUT2D eigenvalue weighted by molar-refractivity contribution is 6.30. The highest BCUT2D eigenvalue weighted by Crippen LogP contribution is 2.27. The van der Waals surface area contributed by atoms with Crippen molar-refractivity contribution in [2.75, 3.05) is 11.9 Å². The maximum atomic E-state index is 12.4. The van der Waals surface area contributed by atoms with Gasteiger partial charge in [0, 0.05) is 23.8 Å². The summed E-state index contributed by atoms with van der Waals surface area (Å²) < 4.78 is 0. The number of rotatable bonds is 2. The molecule has 1 unspecified atom stereocenters. The molecular weight excluding hydrogens is 272 g/mol. The van der Waals surface area contributed by atoms with Crippen molar-refractivity contribution in [3.8, 4) is 0 Å². The van der Waals surface area contributed by atoms with Gasteiger partial charge >= 0.3 is 0 Å². The Bertz CT molecular complexity index is 628. The lowest BCUT2D eigenvalue weighted by molar-refractivity contribution is -0.117. The largest absolute Gasteiger partial charge is 0.326 e. The summed E-state index contributed by atoms with van der Waals surface area (Å²) in [5.74, 6) is -0.178. The molecule has 4 heteroatoms. The van der Waals surface area contributed by atoms with E-state index < -0.39 is 0 Å². The first-order chi connectivity index (χ1) is 9.74. The number of carbonyl (C=O) groups excluding carboxylic acids is 1. The molecule has 3 rings (SSSR count). The standard InChI is InChI=1S/C16H15ClN2O/c17-12-6-7-14-11(8-12)9-18-10-15(14)16(20)19-13-4-2-1-3-5-13/h1-8,15,18H,9-10H2,(H,19,20). The normalized spacial score (nSPS) is 17.4. The first-order valence-corrected chi connectivity index (χ1v) is 6.97. The zero-order valence-corrected chi connectivity index (χ0v) is 11.7. The van der Waals surface area contributed by atoms with E-state index in [1.807, 2.05) is 48.5 Å². The van der Waals surface area contributed by atoms with Crippen molar-refractivity contribution >= 4 is 23.2 Å².